The largest absolute Gasteiger partial charge is 0.372 e. The average molecular weight is 362 g/mol. The van der Waals surface area contributed by atoms with E-state index in [0.29, 0.717) is 11.5 Å². The molecule has 0 aromatic heterocycles. The third-order valence-corrected chi connectivity index (χ3v) is 6.35. The van der Waals surface area contributed by atoms with Gasteiger partial charge in [0.15, 0.2) is 0 Å². The third-order valence-electron chi connectivity index (χ3n) is 6.35. The van der Waals surface area contributed by atoms with Gasteiger partial charge in [-0.2, -0.15) is 0 Å². The lowest BCUT2D eigenvalue weighted by Gasteiger charge is -2.32. The molecule has 0 saturated carbocycles. The van der Waals surface area contributed by atoms with Crippen LogP contribution in [-0.4, -0.2) is 30.7 Å². The SMILES string of the molecule is O=C(ON1CCC2CC1c1cc(N3CCCCC3)ccc12)c1ccccc1. The van der Waals surface area contributed by atoms with Gasteiger partial charge in [-0.15, -0.1) is 5.06 Å². The van der Waals surface area contributed by atoms with Gasteiger partial charge in [0.1, 0.15) is 0 Å². The van der Waals surface area contributed by atoms with Crippen molar-refractivity contribution in [2.75, 3.05) is 24.5 Å². The Morgan fingerprint density at radius 3 is 2.56 bits per heavy atom. The molecule has 2 aliphatic heterocycles. The number of rotatable bonds is 3. The van der Waals surface area contributed by atoms with Gasteiger partial charge in [0.25, 0.3) is 0 Å². The molecule has 4 nitrogen and oxygen atoms in total. The second-order valence-electron chi connectivity index (χ2n) is 7.98. The highest BCUT2D eigenvalue weighted by molar-refractivity contribution is 5.89. The molecule has 0 N–H and O–H groups in total. The number of hydrogen-bond donors (Lipinski definition) is 0. The molecule has 1 aliphatic carbocycles. The number of piperidine rings is 2. The van der Waals surface area contributed by atoms with E-state index in [1.54, 1.807) is 0 Å². The van der Waals surface area contributed by atoms with E-state index in [9.17, 15) is 4.79 Å². The molecule has 0 radical (unpaired) electrons. The van der Waals surface area contributed by atoms with E-state index in [-0.39, 0.29) is 12.0 Å². The number of benzene rings is 2. The van der Waals surface area contributed by atoms with Gasteiger partial charge in [0.05, 0.1) is 11.6 Å². The summed E-state index contributed by atoms with van der Waals surface area (Å²) in [5.41, 5.74) is 4.76. The fourth-order valence-electron chi connectivity index (χ4n) is 4.92. The fraction of sp³-hybridized carbons (Fsp3) is 0.435. The van der Waals surface area contributed by atoms with E-state index < -0.39 is 0 Å². The minimum atomic E-state index is -0.255. The van der Waals surface area contributed by atoms with Gasteiger partial charge in [0.2, 0.25) is 0 Å². The van der Waals surface area contributed by atoms with Crippen LogP contribution in [0.1, 0.15) is 65.5 Å². The summed E-state index contributed by atoms with van der Waals surface area (Å²) in [4.78, 5) is 20.9. The summed E-state index contributed by atoms with van der Waals surface area (Å²) in [5.74, 6) is 0.349. The van der Waals surface area contributed by atoms with Crippen LogP contribution in [0.2, 0.25) is 0 Å². The predicted octanol–water partition coefficient (Wildman–Crippen LogP) is 4.68. The fourth-order valence-corrected chi connectivity index (χ4v) is 4.92. The first-order valence-corrected chi connectivity index (χ1v) is 10.2. The van der Waals surface area contributed by atoms with Crippen LogP contribution in [0, 0.1) is 0 Å². The molecule has 2 aromatic rings. The van der Waals surface area contributed by atoms with Gasteiger partial charge in [-0.25, -0.2) is 4.79 Å². The molecule has 5 rings (SSSR count). The molecular formula is C23H26N2O2. The first kappa shape index (κ1) is 16.8. The number of fused-ring (bicyclic) bond motifs is 5. The van der Waals surface area contributed by atoms with Crippen molar-refractivity contribution in [2.45, 2.75) is 44.1 Å². The number of carbonyl (C=O) groups is 1. The molecule has 2 atom stereocenters. The molecule has 27 heavy (non-hydrogen) atoms. The minimum absolute atomic E-state index is 0.191. The highest BCUT2D eigenvalue weighted by Crippen LogP contribution is 2.50. The average Bonchev–Trinajstić information content (AvgIpc) is 3.04. The summed E-state index contributed by atoms with van der Waals surface area (Å²) in [6, 6.07) is 16.5. The van der Waals surface area contributed by atoms with Crippen molar-refractivity contribution in [3.63, 3.8) is 0 Å². The molecule has 2 bridgehead atoms. The molecule has 0 amide bonds. The maximum Gasteiger partial charge on any atom is 0.357 e. The second-order valence-corrected chi connectivity index (χ2v) is 7.98. The topological polar surface area (TPSA) is 32.8 Å². The highest BCUT2D eigenvalue weighted by Gasteiger charge is 2.41. The number of anilines is 1. The van der Waals surface area contributed by atoms with Crippen molar-refractivity contribution in [1.29, 1.82) is 0 Å². The van der Waals surface area contributed by atoms with E-state index in [1.807, 2.05) is 35.4 Å². The summed E-state index contributed by atoms with van der Waals surface area (Å²) in [7, 11) is 0. The molecular weight excluding hydrogens is 336 g/mol. The van der Waals surface area contributed by atoms with Crippen LogP contribution in [0.4, 0.5) is 5.69 Å². The number of hydroxylamine groups is 2. The first-order valence-electron chi connectivity index (χ1n) is 10.2. The number of carbonyl (C=O) groups excluding carboxylic acids is 1. The van der Waals surface area contributed by atoms with Gasteiger partial charge in [-0.1, -0.05) is 24.3 Å². The lowest BCUT2D eigenvalue weighted by atomic mass is 9.96. The highest BCUT2D eigenvalue weighted by atomic mass is 16.7. The Balaban J connectivity index is 1.38. The van der Waals surface area contributed by atoms with Crippen molar-refractivity contribution in [3.05, 3.63) is 65.2 Å². The third kappa shape index (κ3) is 3.12. The Hall–Kier alpha value is -2.33. The summed E-state index contributed by atoms with van der Waals surface area (Å²) in [5, 5.41) is 1.93. The van der Waals surface area contributed by atoms with E-state index in [1.165, 1.54) is 36.1 Å². The Morgan fingerprint density at radius 2 is 1.74 bits per heavy atom. The zero-order chi connectivity index (χ0) is 18.2. The molecule has 140 valence electrons. The van der Waals surface area contributed by atoms with Gasteiger partial charge in [-0.3, -0.25) is 0 Å². The van der Waals surface area contributed by atoms with Crippen molar-refractivity contribution in [1.82, 2.24) is 5.06 Å². The maximum atomic E-state index is 12.5. The first-order chi connectivity index (χ1) is 13.3. The van der Waals surface area contributed by atoms with Crippen LogP contribution in [0.3, 0.4) is 0 Å². The lowest BCUT2D eigenvalue weighted by Crippen LogP contribution is -2.34. The van der Waals surface area contributed by atoms with E-state index in [2.05, 4.69) is 23.1 Å². The van der Waals surface area contributed by atoms with Crippen LogP contribution in [0.5, 0.6) is 0 Å². The van der Waals surface area contributed by atoms with Gasteiger partial charge in [-0.05, 0) is 73.4 Å². The normalized spacial score (nSPS) is 24.5. The molecule has 2 heterocycles. The Labute approximate surface area is 160 Å². The van der Waals surface area contributed by atoms with Crippen molar-refractivity contribution < 1.29 is 9.63 Å². The van der Waals surface area contributed by atoms with Crippen molar-refractivity contribution in [3.8, 4) is 0 Å². The van der Waals surface area contributed by atoms with Crippen LogP contribution in [0.15, 0.2) is 48.5 Å². The molecule has 2 unspecified atom stereocenters. The Bertz CT molecular complexity index is 830. The van der Waals surface area contributed by atoms with Crippen LogP contribution >= 0.6 is 0 Å². The summed E-state index contributed by atoms with van der Waals surface area (Å²) in [6.07, 6.45) is 6.01. The Kier molecular flexibility index (Phi) is 4.36. The summed E-state index contributed by atoms with van der Waals surface area (Å²) >= 11 is 0. The van der Waals surface area contributed by atoms with Gasteiger partial charge in [0, 0.05) is 25.3 Å². The summed E-state index contributed by atoms with van der Waals surface area (Å²) in [6.45, 7) is 3.11. The quantitative estimate of drug-likeness (QED) is 0.793. The summed E-state index contributed by atoms with van der Waals surface area (Å²) < 4.78 is 0. The van der Waals surface area contributed by atoms with Gasteiger partial charge >= 0.3 is 5.97 Å². The van der Waals surface area contributed by atoms with E-state index >= 15 is 0 Å². The number of hydrogen-bond acceptors (Lipinski definition) is 4. The zero-order valence-electron chi connectivity index (χ0n) is 15.6. The molecule has 2 saturated heterocycles. The minimum Gasteiger partial charge on any atom is -0.372 e. The molecule has 3 aliphatic rings. The van der Waals surface area contributed by atoms with E-state index in [4.69, 9.17) is 4.84 Å². The van der Waals surface area contributed by atoms with E-state index in [0.717, 1.165) is 32.5 Å². The maximum absolute atomic E-state index is 12.5. The monoisotopic (exact) mass is 362 g/mol. The number of nitrogens with zero attached hydrogens (tertiary/aromatic N) is 2. The molecule has 2 aromatic carbocycles. The predicted molar refractivity (Wildman–Crippen MR) is 106 cm³/mol. The molecule has 4 heteroatoms. The van der Waals surface area contributed by atoms with Crippen LogP contribution in [0.25, 0.3) is 0 Å². The van der Waals surface area contributed by atoms with Gasteiger partial charge < -0.3 is 9.74 Å². The van der Waals surface area contributed by atoms with Crippen LogP contribution in [-0.2, 0) is 4.84 Å². The molecule has 2 fully saturated rings. The smallest absolute Gasteiger partial charge is 0.357 e. The Morgan fingerprint density at radius 1 is 0.926 bits per heavy atom. The van der Waals surface area contributed by atoms with Crippen LogP contribution < -0.4 is 4.90 Å². The molecule has 0 spiro atoms. The zero-order valence-corrected chi connectivity index (χ0v) is 15.6. The second kappa shape index (κ2) is 7.01. The van der Waals surface area contributed by atoms with Crippen molar-refractivity contribution in [2.24, 2.45) is 0 Å². The standard InChI is InChI=1S/C23H26N2O2/c26-23(17-7-3-1-4-8-17)27-25-14-11-18-15-22(25)21-16-19(9-10-20(18)21)24-12-5-2-6-13-24/h1,3-4,7-10,16,18,22H,2,5-6,11-15H2. The van der Waals surface area contributed by atoms with Crippen molar-refractivity contribution >= 4 is 11.7 Å². The lowest BCUT2D eigenvalue weighted by molar-refractivity contribution is -0.150.